The molecule has 2 amide bonds. The molecule has 1 fully saturated rings. The fourth-order valence-electron chi connectivity index (χ4n) is 1.38. The smallest absolute Gasteiger partial charge is 0.220 e. The molecule has 0 aromatic carbocycles. The monoisotopic (exact) mass is 276 g/mol. The van der Waals surface area contributed by atoms with Crippen LogP contribution in [0.5, 0.6) is 0 Å². The Morgan fingerprint density at radius 1 is 1.29 bits per heavy atom. The Labute approximate surface area is 108 Å². The summed E-state index contributed by atoms with van der Waals surface area (Å²) < 4.78 is 0. The SMILES string of the molecule is C[C@@H]1CSSCC(NC=O)C(=O)CCC(=O)N1. The van der Waals surface area contributed by atoms with E-state index >= 15 is 0 Å². The van der Waals surface area contributed by atoms with Gasteiger partial charge in [0.25, 0.3) is 0 Å². The van der Waals surface area contributed by atoms with Crippen molar-refractivity contribution in [3.05, 3.63) is 0 Å². The summed E-state index contributed by atoms with van der Waals surface area (Å²) in [6, 6.07) is -0.378. The van der Waals surface area contributed by atoms with Gasteiger partial charge in [0.15, 0.2) is 5.78 Å². The standard InChI is InChI=1S/C10H16N2O3S2/c1-7-4-16-17-5-8(11-6-13)9(14)2-3-10(15)12-7/h6-8H,2-5H2,1H3,(H,11,13)(H,12,15)/t7-,8?/m1/s1. The van der Waals surface area contributed by atoms with Gasteiger partial charge in [0, 0.05) is 30.4 Å². The summed E-state index contributed by atoms with van der Waals surface area (Å²) >= 11 is 0. The number of hydrogen-bond acceptors (Lipinski definition) is 5. The molecule has 0 aromatic heterocycles. The highest BCUT2D eigenvalue weighted by molar-refractivity contribution is 8.76. The van der Waals surface area contributed by atoms with Crippen LogP contribution in [0.4, 0.5) is 0 Å². The second-order valence-corrected chi connectivity index (χ2v) is 6.39. The van der Waals surface area contributed by atoms with Gasteiger partial charge >= 0.3 is 0 Å². The molecule has 0 radical (unpaired) electrons. The van der Waals surface area contributed by atoms with Crippen LogP contribution >= 0.6 is 21.6 Å². The Morgan fingerprint density at radius 3 is 2.71 bits per heavy atom. The third-order valence-electron chi connectivity index (χ3n) is 2.30. The fourth-order valence-corrected chi connectivity index (χ4v) is 3.88. The number of hydrogen-bond donors (Lipinski definition) is 2. The van der Waals surface area contributed by atoms with Gasteiger partial charge in [-0.3, -0.25) is 14.4 Å². The molecule has 96 valence electrons. The molecular weight excluding hydrogens is 260 g/mol. The quantitative estimate of drug-likeness (QED) is 0.562. The highest BCUT2D eigenvalue weighted by Gasteiger charge is 2.20. The molecule has 0 aromatic rings. The lowest BCUT2D eigenvalue weighted by atomic mass is 10.1. The summed E-state index contributed by atoms with van der Waals surface area (Å²) in [6.07, 6.45) is 0.904. The van der Waals surface area contributed by atoms with Crippen LogP contribution in [-0.4, -0.2) is 41.7 Å². The molecule has 1 unspecified atom stereocenters. The summed E-state index contributed by atoms with van der Waals surface area (Å²) in [5.41, 5.74) is 0. The number of nitrogens with one attached hydrogen (secondary N) is 2. The molecule has 1 heterocycles. The number of amides is 2. The number of ketones is 1. The van der Waals surface area contributed by atoms with E-state index in [1.165, 1.54) is 0 Å². The Hall–Kier alpha value is -0.690. The molecule has 17 heavy (non-hydrogen) atoms. The van der Waals surface area contributed by atoms with Gasteiger partial charge in [0.2, 0.25) is 12.3 Å². The first-order valence-electron chi connectivity index (χ1n) is 5.39. The first-order chi connectivity index (χ1) is 8.13. The Kier molecular flexibility index (Phi) is 6.43. The van der Waals surface area contributed by atoms with Crippen molar-refractivity contribution in [1.82, 2.24) is 10.6 Å². The van der Waals surface area contributed by atoms with Gasteiger partial charge in [-0.05, 0) is 6.92 Å². The summed E-state index contributed by atoms with van der Waals surface area (Å²) in [7, 11) is 3.14. The van der Waals surface area contributed by atoms with E-state index < -0.39 is 6.04 Å². The van der Waals surface area contributed by atoms with Crippen LogP contribution in [0.25, 0.3) is 0 Å². The first-order valence-corrected chi connectivity index (χ1v) is 7.88. The van der Waals surface area contributed by atoms with Gasteiger partial charge in [0.1, 0.15) is 0 Å². The average Bonchev–Trinajstić information content (AvgIpc) is 2.31. The second kappa shape index (κ2) is 7.60. The molecule has 7 heteroatoms. The van der Waals surface area contributed by atoms with Gasteiger partial charge < -0.3 is 10.6 Å². The normalized spacial score (nSPS) is 27.8. The zero-order valence-electron chi connectivity index (χ0n) is 9.60. The van der Waals surface area contributed by atoms with Crippen LogP contribution < -0.4 is 10.6 Å². The van der Waals surface area contributed by atoms with E-state index in [1.54, 1.807) is 21.6 Å². The van der Waals surface area contributed by atoms with Crippen LogP contribution in [-0.2, 0) is 14.4 Å². The number of rotatable bonds is 2. The van der Waals surface area contributed by atoms with Crippen LogP contribution in [0.2, 0.25) is 0 Å². The minimum atomic E-state index is -0.480. The molecule has 1 rings (SSSR count). The van der Waals surface area contributed by atoms with Crippen molar-refractivity contribution in [2.75, 3.05) is 11.5 Å². The van der Waals surface area contributed by atoms with Crippen LogP contribution in [0.3, 0.4) is 0 Å². The Morgan fingerprint density at radius 2 is 2.00 bits per heavy atom. The lowest BCUT2D eigenvalue weighted by Gasteiger charge is -2.13. The van der Waals surface area contributed by atoms with Gasteiger partial charge in [-0.15, -0.1) is 0 Å². The average molecular weight is 276 g/mol. The van der Waals surface area contributed by atoms with Crippen molar-refractivity contribution in [2.45, 2.75) is 31.8 Å². The zero-order chi connectivity index (χ0) is 12.7. The summed E-state index contributed by atoms with van der Waals surface area (Å²) in [6.45, 7) is 1.94. The van der Waals surface area contributed by atoms with E-state index in [9.17, 15) is 14.4 Å². The predicted octanol–water partition coefficient (Wildman–Crippen LogP) is 0.350. The van der Waals surface area contributed by atoms with E-state index in [0.717, 1.165) is 5.75 Å². The maximum absolute atomic E-state index is 11.7. The van der Waals surface area contributed by atoms with Gasteiger partial charge in [-0.2, -0.15) is 0 Å². The molecular formula is C10H16N2O3S2. The molecule has 0 bridgehead atoms. The summed E-state index contributed by atoms with van der Waals surface area (Å²) in [5, 5.41) is 5.33. The summed E-state index contributed by atoms with van der Waals surface area (Å²) in [5.74, 6) is 1.14. The van der Waals surface area contributed by atoms with Gasteiger partial charge in [0.05, 0.1) is 6.04 Å². The topological polar surface area (TPSA) is 75.3 Å². The lowest BCUT2D eigenvalue weighted by Crippen LogP contribution is -2.38. The molecule has 5 nitrogen and oxygen atoms in total. The van der Waals surface area contributed by atoms with Crippen LogP contribution in [0, 0.1) is 0 Å². The zero-order valence-corrected chi connectivity index (χ0v) is 11.2. The highest BCUT2D eigenvalue weighted by Crippen LogP contribution is 2.23. The van der Waals surface area contributed by atoms with Crippen molar-refractivity contribution in [2.24, 2.45) is 0 Å². The highest BCUT2D eigenvalue weighted by atomic mass is 33.1. The van der Waals surface area contributed by atoms with E-state index in [4.69, 9.17) is 0 Å². The minimum absolute atomic E-state index is 0.0881. The van der Waals surface area contributed by atoms with Crippen molar-refractivity contribution in [1.29, 1.82) is 0 Å². The molecule has 1 saturated heterocycles. The van der Waals surface area contributed by atoms with E-state index in [0.29, 0.717) is 12.2 Å². The van der Waals surface area contributed by atoms with Gasteiger partial charge in [-0.1, -0.05) is 21.6 Å². The molecule has 2 N–H and O–H groups in total. The largest absolute Gasteiger partial charge is 0.353 e. The van der Waals surface area contributed by atoms with Crippen LogP contribution in [0.1, 0.15) is 19.8 Å². The Balaban J connectivity index is 2.59. The molecule has 0 spiro atoms. The minimum Gasteiger partial charge on any atom is -0.353 e. The fraction of sp³-hybridized carbons (Fsp3) is 0.700. The van der Waals surface area contributed by atoms with E-state index in [-0.39, 0.29) is 30.6 Å². The van der Waals surface area contributed by atoms with Crippen molar-refractivity contribution >= 4 is 39.7 Å². The van der Waals surface area contributed by atoms with E-state index in [1.807, 2.05) is 6.92 Å². The third-order valence-corrected chi connectivity index (χ3v) is 4.89. The molecule has 2 atom stereocenters. The second-order valence-electron chi connectivity index (χ2n) is 3.84. The van der Waals surface area contributed by atoms with Crippen molar-refractivity contribution < 1.29 is 14.4 Å². The number of carbonyl (C=O) groups is 3. The Bertz CT molecular complexity index is 299. The van der Waals surface area contributed by atoms with Gasteiger partial charge in [-0.25, -0.2) is 0 Å². The van der Waals surface area contributed by atoms with E-state index in [2.05, 4.69) is 10.6 Å². The summed E-state index contributed by atoms with van der Waals surface area (Å²) in [4.78, 5) is 33.6. The number of carbonyl (C=O) groups excluding carboxylic acids is 3. The first kappa shape index (κ1) is 14.4. The molecule has 1 aliphatic rings. The predicted molar refractivity (Wildman–Crippen MR) is 69.7 cm³/mol. The van der Waals surface area contributed by atoms with Crippen LogP contribution in [0.15, 0.2) is 0 Å². The van der Waals surface area contributed by atoms with Crippen molar-refractivity contribution in [3.8, 4) is 0 Å². The molecule has 1 aliphatic heterocycles. The molecule has 0 aliphatic carbocycles. The third kappa shape index (κ3) is 5.45. The van der Waals surface area contributed by atoms with Crippen molar-refractivity contribution in [3.63, 3.8) is 0 Å². The maximum atomic E-state index is 11.7. The lowest BCUT2D eigenvalue weighted by molar-refractivity contribution is -0.127. The number of Topliss-reactive ketones (excluding diaryl/α,β-unsaturated/α-hetero) is 1. The molecule has 0 saturated carbocycles. The maximum Gasteiger partial charge on any atom is 0.220 e.